The van der Waals surface area contributed by atoms with E-state index in [1.165, 1.54) is 31.2 Å². The molecule has 7 heteroatoms. The Morgan fingerprint density at radius 3 is 2.15 bits per heavy atom. The third-order valence-electron chi connectivity index (χ3n) is 3.55. The van der Waals surface area contributed by atoms with Gasteiger partial charge in [0.05, 0.1) is 11.7 Å². The van der Waals surface area contributed by atoms with Crippen molar-refractivity contribution in [1.82, 2.24) is 5.43 Å². The van der Waals surface area contributed by atoms with Crippen LogP contribution in [0.4, 0.5) is 10.1 Å². The number of hydrogen-bond acceptors (Lipinski definition) is 4. The molecule has 6 nitrogen and oxygen atoms in total. The summed E-state index contributed by atoms with van der Waals surface area (Å²) in [6.07, 6.45) is 1.27. The molecule has 1 atom stereocenters. The minimum Gasteiger partial charge on any atom is -0.457 e. The second-order valence-electron chi connectivity index (χ2n) is 5.79. The number of halogens is 1. The molecule has 0 aliphatic rings. The number of rotatable bonds is 6. The van der Waals surface area contributed by atoms with Crippen LogP contribution in [0, 0.1) is 5.82 Å². The first kappa shape index (κ1) is 19.4. The van der Waals surface area contributed by atoms with Crippen molar-refractivity contribution in [2.45, 2.75) is 32.7 Å². The Kier molecular flexibility index (Phi) is 6.68. The van der Waals surface area contributed by atoms with Crippen LogP contribution in [-0.2, 0) is 9.59 Å². The highest BCUT2D eigenvalue weighted by atomic mass is 19.1. The molecule has 0 heterocycles. The topological polar surface area (TPSA) is 84.7 Å². The van der Waals surface area contributed by atoms with Crippen molar-refractivity contribution in [1.29, 1.82) is 0 Å². The number of nitrogens with one attached hydrogen (secondary N) is 1. The number of carbonyl (C=O) groups is 2. The van der Waals surface area contributed by atoms with Gasteiger partial charge in [-0.3, -0.25) is 15.0 Å². The summed E-state index contributed by atoms with van der Waals surface area (Å²) in [4.78, 5) is 23.9. The van der Waals surface area contributed by atoms with E-state index in [4.69, 9.17) is 10.5 Å². The molecule has 2 aromatic rings. The lowest BCUT2D eigenvalue weighted by Crippen LogP contribution is -2.52. The summed E-state index contributed by atoms with van der Waals surface area (Å²) in [6, 6.07) is 11.5. The van der Waals surface area contributed by atoms with Gasteiger partial charge in [-0.2, -0.15) is 0 Å². The molecule has 26 heavy (non-hydrogen) atoms. The van der Waals surface area contributed by atoms with E-state index in [2.05, 4.69) is 5.43 Å². The minimum absolute atomic E-state index is 0.347. The monoisotopic (exact) mass is 359 g/mol. The summed E-state index contributed by atoms with van der Waals surface area (Å²) < 4.78 is 18.5. The van der Waals surface area contributed by atoms with E-state index < -0.39 is 11.9 Å². The summed E-state index contributed by atoms with van der Waals surface area (Å²) in [5.41, 5.74) is 8.84. The Hall–Kier alpha value is -2.93. The summed E-state index contributed by atoms with van der Waals surface area (Å²) in [5, 5.41) is 1.14. The van der Waals surface area contributed by atoms with Gasteiger partial charge in [-0.15, -0.1) is 0 Å². The molecule has 0 aliphatic heterocycles. The van der Waals surface area contributed by atoms with Gasteiger partial charge in [0, 0.05) is 6.92 Å². The van der Waals surface area contributed by atoms with Crippen LogP contribution in [0.15, 0.2) is 48.5 Å². The van der Waals surface area contributed by atoms with Crippen LogP contribution in [0.5, 0.6) is 11.5 Å². The SMILES string of the molecule is CCCC(N)C(=O)N(NC(C)=O)c1ccc(Oc2ccc(F)cc2)cc1. The van der Waals surface area contributed by atoms with Crippen molar-refractivity contribution >= 4 is 17.5 Å². The number of ether oxygens (including phenoxy) is 1. The molecule has 0 fully saturated rings. The Morgan fingerprint density at radius 2 is 1.65 bits per heavy atom. The number of anilines is 1. The minimum atomic E-state index is -0.706. The highest BCUT2D eigenvalue weighted by molar-refractivity contribution is 5.99. The fraction of sp³-hybridized carbons (Fsp3) is 0.263. The van der Waals surface area contributed by atoms with Crippen molar-refractivity contribution in [3.05, 3.63) is 54.3 Å². The molecule has 0 spiro atoms. The molecule has 0 bridgehead atoms. The number of nitrogens with zero attached hydrogens (tertiary/aromatic N) is 1. The average Bonchev–Trinajstić information content (AvgIpc) is 2.62. The third-order valence-corrected chi connectivity index (χ3v) is 3.55. The van der Waals surface area contributed by atoms with Crippen LogP contribution in [0.25, 0.3) is 0 Å². The number of carbonyl (C=O) groups excluding carboxylic acids is 2. The van der Waals surface area contributed by atoms with E-state index in [0.29, 0.717) is 23.6 Å². The molecular weight excluding hydrogens is 337 g/mol. The van der Waals surface area contributed by atoms with Gasteiger partial charge in [0.15, 0.2) is 0 Å². The van der Waals surface area contributed by atoms with Crippen LogP contribution < -0.4 is 20.9 Å². The molecule has 138 valence electrons. The Morgan fingerprint density at radius 1 is 1.12 bits per heavy atom. The molecule has 0 aromatic heterocycles. The lowest BCUT2D eigenvalue weighted by molar-refractivity contribution is -0.125. The summed E-state index contributed by atoms with van der Waals surface area (Å²) >= 11 is 0. The molecule has 2 amide bonds. The maximum atomic E-state index is 12.9. The zero-order valence-corrected chi connectivity index (χ0v) is 14.7. The second kappa shape index (κ2) is 8.96. The molecule has 3 N–H and O–H groups in total. The number of hydrazine groups is 1. The molecule has 0 radical (unpaired) electrons. The highest BCUT2D eigenvalue weighted by Gasteiger charge is 2.23. The summed E-state index contributed by atoms with van der Waals surface area (Å²) in [6.45, 7) is 3.25. The first-order valence-corrected chi connectivity index (χ1v) is 8.31. The zero-order chi connectivity index (χ0) is 19.1. The fourth-order valence-corrected chi connectivity index (χ4v) is 2.31. The molecule has 0 aliphatic carbocycles. The van der Waals surface area contributed by atoms with E-state index in [0.717, 1.165) is 11.4 Å². The first-order valence-electron chi connectivity index (χ1n) is 8.31. The van der Waals surface area contributed by atoms with Crippen LogP contribution in [-0.4, -0.2) is 17.9 Å². The standard InChI is InChI=1S/C19H22FN3O3/c1-3-4-18(21)19(25)23(22-13(2)24)15-7-11-17(12-8-15)26-16-9-5-14(20)6-10-16/h5-12,18H,3-4,21H2,1-2H3,(H,22,24). The van der Waals surface area contributed by atoms with Gasteiger partial charge in [-0.05, 0) is 55.0 Å². The molecule has 1 unspecified atom stereocenters. The Bertz CT molecular complexity index is 748. The van der Waals surface area contributed by atoms with Crippen molar-refractivity contribution in [3.63, 3.8) is 0 Å². The predicted octanol–water partition coefficient (Wildman–Crippen LogP) is 3.13. The van der Waals surface area contributed by atoms with Crippen molar-refractivity contribution in [3.8, 4) is 11.5 Å². The smallest absolute Gasteiger partial charge is 0.262 e. The van der Waals surface area contributed by atoms with Crippen LogP contribution in [0.1, 0.15) is 26.7 Å². The van der Waals surface area contributed by atoms with E-state index in [9.17, 15) is 14.0 Å². The maximum Gasteiger partial charge on any atom is 0.262 e. The van der Waals surface area contributed by atoms with Gasteiger partial charge in [0.2, 0.25) is 5.91 Å². The second-order valence-corrected chi connectivity index (χ2v) is 5.79. The van der Waals surface area contributed by atoms with Crippen LogP contribution in [0.3, 0.4) is 0 Å². The van der Waals surface area contributed by atoms with Gasteiger partial charge in [-0.1, -0.05) is 13.3 Å². The average molecular weight is 359 g/mol. The maximum absolute atomic E-state index is 12.9. The molecular formula is C19H22FN3O3. The molecule has 2 aromatic carbocycles. The van der Waals surface area contributed by atoms with E-state index in [1.807, 2.05) is 6.92 Å². The summed E-state index contributed by atoms with van der Waals surface area (Å²) in [5.74, 6) is -0.129. The highest BCUT2D eigenvalue weighted by Crippen LogP contribution is 2.24. The van der Waals surface area contributed by atoms with E-state index in [-0.39, 0.29) is 11.7 Å². The van der Waals surface area contributed by atoms with Gasteiger partial charge < -0.3 is 10.5 Å². The molecule has 0 saturated carbocycles. The normalized spacial score (nSPS) is 11.5. The predicted molar refractivity (Wildman–Crippen MR) is 97.1 cm³/mol. The number of nitrogens with two attached hydrogens (primary N) is 1. The Balaban J connectivity index is 2.16. The van der Waals surface area contributed by atoms with Crippen LogP contribution >= 0.6 is 0 Å². The lowest BCUT2D eigenvalue weighted by atomic mass is 10.1. The summed E-state index contributed by atoms with van der Waals surface area (Å²) in [7, 11) is 0. The van der Waals surface area contributed by atoms with E-state index >= 15 is 0 Å². The number of benzene rings is 2. The molecule has 2 rings (SSSR count). The Labute approximate surface area is 151 Å². The van der Waals surface area contributed by atoms with Gasteiger partial charge in [0.1, 0.15) is 17.3 Å². The largest absolute Gasteiger partial charge is 0.457 e. The number of amides is 2. The van der Waals surface area contributed by atoms with Gasteiger partial charge in [-0.25, -0.2) is 9.40 Å². The quantitative estimate of drug-likeness (QED) is 0.776. The van der Waals surface area contributed by atoms with E-state index in [1.54, 1.807) is 24.3 Å². The van der Waals surface area contributed by atoms with Gasteiger partial charge >= 0.3 is 0 Å². The van der Waals surface area contributed by atoms with Crippen molar-refractivity contribution < 1.29 is 18.7 Å². The third kappa shape index (κ3) is 5.29. The fourth-order valence-electron chi connectivity index (χ4n) is 2.31. The van der Waals surface area contributed by atoms with Crippen molar-refractivity contribution in [2.24, 2.45) is 5.73 Å². The number of hydrogen-bond donors (Lipinski definition) is 2. The molecule has 0 saturated heterocycles. The van der Waals surface area contributed by atoms with Gasteiger partial charge in [0.25, 0.3) is 5.91 Å². The zero-order valence-electron chi connectivity index (χ0n) is 14.7. The first-order chi connectivity index (χ1) is 12.4. The van der Waals surface area contributed by atoms with Crippen LogP contribution in [0.2, 0.25) is 0 Å². The lowest BCUT2D eigenvalue weighted by Gasteiger charge is -2.25. The van der Waals surface area contributed by atoms with Crippen molar-refractivity contribution in [2.75, 3.05) is 5.01 Å².